The van der Waals surface area contributed by atoms with Crippen LogP contribution in [0, 0.1) is 0 Å². The minimum absolute atomic E-state index is 0.450. The molecule has 0 aliphatic carbocycles. The van der Waals surface area contributed by atoms with E-state index in [4.69, 9.17) is 14.2 Å². The lowest BCUT2D eigenvalue weighted by atomic mass is 10.1. The van der Waals surface area contributed by atoms with E-state index in [1.54, 1.807) is 6.20 Å². The van der Waals surface area contributed by atoms with Gasteiger partial charge in [0, 0.05) is 43.7 Å². The van der Waals surface area contributed by atoms with Crippen LogP contribution in [0.3, 0.4) is 0 Å². The molecular weight excluding hydrogens is 472 g/mol. The van der Waals surface area contributed by atoms with Gasteiger partial charge in [0.25, 0.3) is 0 Å². The van der Waals surface area contributed by atoms with E-state index >= 15 is 0 Å². The van der Waals surface area contributed by atoms with Crippen molar-refractivity contribution in [3.8, 4) is 0 Å². The molecule has 3 heterocycles. The van der Waals surface area contributed by atoms with E-state index < -0.39 is 42.2 Å². The highest BCUT2D eigenvalue weighted by molar-refractivity contribution is 7.99. The van der Waals surface area contributed by atoms with E-state index in [9.17, 15) is 14.4 Å². The van der Waals surface area contributed by atoms with Gasteiger partial charge < -0.3 is 24.4 Å². The van der Waals surface area contributed by atoms with Gasteiger partial charge in [-0.1, -0.05) is 18.7 Å². The lowest BCUT2D eigenvalue weighted by molar-refractivity contribution is -0.165. The molecule has 188 valence electrons. The van der Waals surface area contributed by atoms with Gasteiger partial charge in [0.05, 0.1) is 10.6 Å². The third kappa shape index (κ3) is 5.01. The number of rotatable bonds is 7. The van der Waals surface area contributed by atoms with E-state index in [0.29, 0.717) is 12.2 Å². The van der Waals surface area contributed by atoms with Crippen LogP contribution in [0.1, 0.15) is 47.3 Å². The van der Waals surface area contributed by atoms with Gasteiger partial charge in [0.15, 0.2) is 24.3 Å². The highest BCUT2D eigenvalue weighted by Crippen LogP contribution is 2.45. The summed E-state index contributed by atoms with van der Waals surface area (Å²) in [6.45, 7) is 10.4. The Morgan fingerprint density at radius 1 is 1.11 bits per heavy atom. The van der Waals surface area contributed by atoms with E-state index in [2.05, 4.69) is 41.2 Å². The molecule has 1 fully saturated rings. The first-order valence-corrected chi connectivity index (χ1v) is 12.5. The summed E-state index contributed by atoms with van der Waals surface area (Å²) in [5.74, 6) is -0.636. The number of anilines is 3. The van der Waals surface area contributed by atoms with Crippen LogP contribution in [0.15, 0.2) is 39.0 Å². The molecule has 2 aliphatic rings. The number of hydrogen-bond acceptors (Lipinski definition) is 10. The van der Waals surface area contributed by atoms with E-state index in [1.807, 2.05) is 13.0 Å². The fraction of sp³-hybridized carbons (Fsp3) is 0.500. The molecule has 4 rings (SSSR count). The Morgan fingerprint density at radius 2 is 1.80 bits per heavy atom. The van der Waals surface area contributed by atoms with Gasteiger partial charge in [-0.3, -0.25) is 14.2 Å². The predicted octanol–water partition coefficient (Wildman–Crippen LogP) is 3.47. The van der Waals surface area contributed by atoms with Crippen molar-refractivity contribution < 1.29 is 23.8 Å². The summed E-state index contributed by atoms with van der Waals surface area (Å²) in [5, 5.41) is 3.27. The molecule has 1 aromatic heterocycles. The molecule has 0 spiro atoms. The number of hydrogen-bond donors (Lipinski definition) is 1. The van der Waals surface area contributed by atoms with Crippen molar-refractivity contribution in [1.29, 1.82) is 0 Å². The van der Waals surface area contributed by atoms with E-state index in [-0.39, 0.29) is 0 Å². The molecule has 2 aliphatic heterocycles. The number of carbonyl (C=O) groups is 2. The first-order valence-electron chi connectivity index (χ1n) is 11.7. The lowest BCUT2D eigenvalue weighted by Crippen LogP contribution is -2.40. The summed E-state index contributed by atoms with van der Waals surface area (Å²) in [4.78, 5) is 44.8. The van der Waals surface area contributed by atoms with Crippen LogP contribution in [0.2, 0.25) is 0 Å². The van der Waals surface area contributed by atoms with Gasteiger partial charge in [-0.05, 0) is 38.5 Å². The van der Waals surface area contributed by atoms with Crippen LogP contribution in [0.25, 0.3) is 0 Å². The molecule has 0 bridgehead atoms. The minimum atomic E-state index is -0.982. The molecular formula is C24H30N4O6S. The molecule has 0 amide bonds. The average molecular weight is 503 g/mol. The Bertz CT molecular complexity index is 1180. The second kappa shape index (κ2) is 10.3. The quantitative estimate of drug-likeness (QED) is 0.482. The van der Waals surface area contributed by atoms with Crippen LogP contribution in [0.5, 0.6) is 0 Å². The van der Waals surface area contributed by atoms with Crippen molar-refractivity contribution in [2.24, 2.45) is 0 Å². The van der Waals surface area contributed by atoms with Crippen molar-refractivity contribution in [2.75, 3.05) is 23.3 Å². The van der Waals surface area contributed by atoms with E-state index in [0.717, 1.165) is 34.3 Å². The third-order valence-corrected chi connectivity index (χ3v) is 7.14. The monoisotopic (exact) mass is 502 g/mol. The zero-order valence-electron chi connectivity index (χ0n) is 20.4. The Labute approximate surface area is 207 Å². The molecule has 4 atom stereocenters. The first-order chi connectivity index (χ1) is 16.7. The number of nitrogens with zero attached hydrogens (tertiary/aromatic N) is 3. The van der Waals surface area contributed by atoms with Gasteiger partial charge in [0.2, 0.25) is 0 Å². The second-order valence-corrected chi connectivity index (χ2v) is 9.43. The summed E-state index contributed by atoms with van der Waals surface area (Å²) < 4.78 is 18.3. The molecule has 35 heavy (non-hydrogen) atoms. The molecule has 11 heteroatoms. The maximum atomic E-state index is 13.1. The molecule has 0 saturated carbocycles. The lowest BCUT2D eigenvalue weighted by Gasteiger charge is -2.27. The maximum absolute atomic E-state index is 13.1. The van der Waals surface area contributed by atoms with Crippen molar-refractivity contribution in [3.63, 3.8) is 0 Å². The van der Waals surface area contributed by atoms with Crippen molar-refractivity contribution in [3.05, 3.63) is 34.9 Å². The number of esters is 2. The SMILES string of the molecule is CC[C@H]1O[C@@H](n2cc3c(nc2=O)Nc2cc(N(CC)CC)ccc2S3)C(OC(C)=O)[C@H]1OC(C)=O. The molecule has 1 unspecified atom stereocenters. The van der Waals surface area contributed by atoms with Gasteiger partial charge in [-0.2, -0.15) is 4.98 Å². The summed E-state index contributed by atoms with van der Waals surface area (Å²) in [6, 6.07) is 6.16. The number of aromatic nitrogens is 2. The normalized spacial score (nSPS) is 22.5. The van der Waals surface area contributed by atoms with Gasteiger partial charge in [0.1, 0.15) is 6.10 Å². The second-order valence-electron chi connectivity index (χ2n) is 8.34. The molecule has 2 aromatic rings. The van der Waals surface area contributed by atoms with Crippen molar-refractivity contribution in [1.82, 2.24) is 9.55 Å². The van der Waals surface area contributed by atoms with Crippen LogP contribution in [-0.2, 0) is 23.8 Å². The van der Waals surface area contributed by atoms with Crippen molar-refractivity contribution >= 4 is 40.9 Å². The number of nitrogens with one attached hydrogen (secondary N) is 1. The zero-order chi connectivity index (χ0) is 25.3. The topological polar surface area (TPSA) is 112 Å². The smallest absolute Gasteiger partial charge is 0.351 e. The highest BCUT2D eigenvalue weighted by atomic mass is 32.2. The average Bonchev–Trinajstić information content (AvgIpc) is 3.13. The highest BCUT2D eigenvalue weighted by Gasteiger charge is 2.49. The van der Waals surface area contributed by atoms with Crippen LogP contribution in [0.4, 0.5) is 17.2 Å². The number of carbonyl (C=O) groups excluding carboxylic acids is 2. The van der Waals surface area contributed by atoms with Crippen LogP contribution < -0.4 is 15.9 Å². The van der Waals surface area contributed by atoms with E-state index in [1.165, 1.54) is 30.2 Å². The number of benzene rings is 1. The fourth-order valence-corrected chi connectivity index (χ4v) is 5.40. The number of ether oxygens (including phenoxy) is 3. The largest absolute Gasteiger partial charge is 0.456 e. The minimum Gasteiger partial charge on any atom is -0.456 e. The summed E-state index contributed by atoms with van der Waals surface area (Å²) in [6.07, 6.45) is -1.19. The molecule has 1 saturated heterocycles. The van der Waals surface area contributed by atoms with Crippen LogP contribution >= 0.6 is 11.8 Å². The summed E-state index contributed by atoms with van der Waals surface area (Å²) in [5.41, 5.74) is 1.40. The predicted molar refractivity (Wildman–Crippen MR) is 131 cm³/mol. The molecule has 0 radical (unpaired) electrons. The summed E-state index contributed by atoms with van der Waals surface area (Å²) in [7, 11) is 0. The van der Waals surface area contributed by atoms with Crippen LogP contribution in [-0.4, -0.2) is 52.9 Å². The molecule has 1 aromatic carbocycles. The third-order valence-electron chi connectivity index (χ3n) is 6.05. The van der Waals surface area contributed by atoms with Gasteiger partial charge >= 0.3 is 17.6 Å². The van der Waals surface area contributed by atoms with Gasteiger partial charge in [-0.15, -0.1) is 0 Å². The Hall–Kier alpha value is -3.05. The first kappa shape index (κ1) is 25.1. The molecule has 10 nitrogen and oxygen atoms in total. The Kier molecular flexibility index (Phi) is 7.36. The van der Waals surface area contributed by atoms with Gasteiger partial charge in [-0.25, -0.2) is 4.79 Å². The standard InChI is InChI=1S/C24H30N4O6S/c1-6-17-20(32-13(4)29)21(33-14(5)30)23(34-17)28-12-19-22(26-24(28)31)25-16-11-15(27(7-2)8-3)9-10-18(16)35-19/h9-12,17,20-21,23H,6-8H2,1-5H3,(H,25,26,31)/t17-,20+,21?,23-/m1/s1. The molecule has 1 N–H and O–H groups in total. The number of fused-ring (bicyclic) bond motifs is 2. The van der Waals surface area contributed by atoms with Crippen molar-refractivity contribution in [2.45, 2.75) is 75.4 Å². The zero-order valence-corrected chi connectivity index (χ0v) is 21.3. The maximum Gasteiger partial charge on any atom is 0.351 e. The fourth-order valence-electron chi connectivity index (χ4n) is 4.45. The Balaban J connectivity index is 1.68. The summed E-state index contributed by atoms with van der Waals surface area (Å²) >= 11 is 1.48. The Morgan fingerprint density at radius 3 is 2.43 bits per heavy atom.